The Morgan fingerprint density at radius 1 is 1.10 bits per heavy atom. The fraction of sp³-hybridized carbons (Fsp3) is 0.333. The van der Waals surface area contributed by atoms with Gasteiger partial charge in [0.15, 0.2) is 5.13 Å². The fourth-order valence-corrected chi connectivity index (χ4v) is 8.09. The molecule has 6 rings (SSSR count). The predicted molar refractivity (Wildman–Crippen MR) is 155 cm³/mol. The molecule has 3 heterocycles. The molecule has 1 amide bonds. The maximum Gasteiger partial charge on any atom is 0.264 e. The number of hydrogen-bond acceptors (Lipinski definition) is 6. The quantitative estimate of drug-likeness (QED) is 0.294. The molecule has 39 heavy (non-hydrogen) atoms. The lowest BCUT2D eigenvalue weighted by Gasteiger charge is -2.30. The molecule has 9 heteroatoms. The first kappa shape index (κ1) is 26.0. The topological polar surface area (TPSA) is 79.8 Å². The van der Waals surface area contributed by atoms with Crippen LogP contribution in [0, 0.1) is 13.8 Å². The van der Waals surface area contributed by atoms with Gasteiger partial charge in [-0.1, -0.05) is 35.6 Å². The van der Waals surface area contributed by atoms with Gasteiger partial charge in [-0.2, -0.15) is 0 Å². The lowest BCUT2D eigenvalue weighted by Crippen LogP contribution is -2.37. The lowest BCUT2D eigenvalue weighted by molar-refractivity contribution is 0.0917. The van der Waals surface area contributed by atoms with E-state index in [9.17, 15) is 13.2 Å². The number of carbonyl (C=O) groups is 1. The number of benzene rings is 3. The molecular formula is C30H31N3O4S2. The number of fused-ring (bicyclic) bond motifs is 2. The molecule has 0 saturated carbocycles. The number of thiazole rings is 1. The first-order valence-corrected chi connectivity index (χ1v) is 15.6. The van der Waals surface area contributed by atoms with Crippen molar-refractivity contribution in [1.29, 1.82) is 0 Å². The molecule has 0 bridgehead atoms. The van der Waals surface area contributed by atoms with Crippen molar-refractivity contribution in [2.75, 3.05) is 28.9 Å². The van der Waals surface area contributed by atoms with Crippen LogP contribution in [0.1, 0.15) is 46.3 Å². The van der Waals surface area contributed by atoms with Crippen molar-refractivity contribution in [1.82, 2.24) is 4.98 Å². The van der Waals surface area contributed by atoms with Crippen molar-refractivity contribution >= 4 is 48.3 Å². The highest BCUT2D eigenvalue weighted by Crippen LogP contribution is 2.35. The Kier molecular flexibility index (Phi) is 6.91. The van der Waals surface area contributed by atoms with Crippen LogP contribution in [-0.2, 0) is 21.2 Å². The van der Waals surface area contributed by atoms with Gasteiger partial charge >= 0.3 is 0 Å². The van der Waals surface area contributed by atoms with Crippen LogP contribution in [0.4, 0.5) is 10.8 Å². The van der Waals surface area contributed by atoms with Crippen LogP contribution in [0.25, 0.3) is 10.2 Å². The summed E-state index contributed by atoms with van der Waals surface area (Å²) in [4.78, 5) is 20.6. The van der Waals surface area contributed by atoms with Crippen LogP contribution in [0.2, 0.25) is 0 Å². The standard InChI is InChI=1S/C30H31N3O4S2/c1-20-17-21(2)28-26(18-20)31-30(38-28)32(19-24-9-6-16-37-24)29(34)23-11-13-25(14-12-23)39(35,36)33-15-5-8-22-7-3-4-10-27(22)33/h3-4,7,10-14,17-18,24H,5-6,8-9,15-16,19H2,1-2H3. The minimum atomic E-state index is -3.76. The number of anilines is 2. The molecule has 7 nitrogen and oxygen atoms in total. The van der Waals surface area contributed by atoms with Crippen molar-refractivity contribution in [2.45, 2.75) is 50.5 Å². The van der Waals surface area contributed by atoms with Crippen LogP contribution in [-0.4, -0.2) is 45.1 Å². The summed E-state index contributed by atoms with van der Waals surface area (Å²) >= 11 is 1.50. The molecule has 2 aliphatic rings. The van der Waals surface area contributed by atoms with Crippen LogP contribution in [0.15, 0.2) is 65.6 Å². The average Bonchev–Trinajstić information content (AvgIpc) is 3.61. The summed E-state index contributed by atoms with van der Waals surface area (Å²) in [6.07, 6.45) is 3.44. The lowest BCUT2D eigenvalue weighted by atomic mass is 10.0. The Hall–Kier alpha value is -3.27. The molecule has 1 saturated heterocycles. The first-order valence-electron chi connectivity index (χ1n) is 13.3. The highest BCUT2D eigenvalue weighted by atomic mass is 32.2. The summed E-state index contributed by atoms with van der Waals surface area (Å²) in [7, 11) is -3.76. The molecule has 0 aliphatic carbocycles. The molecule has 1 aromatic heterocycles. The van der Waals surface area contributed by atoms with Crippen LogP contribution in [0.3, 0.4) is 0 Å². The van der Waals surface area contributed by atoms with Gasteiger partial charge < -0.3 is 4.74 Å². The molecule has 1 fully saturated rings. The second kappa shape index (κ2) is 10.4. The van der Waals surface area contributed by atoms with E-state index in [0.717, 1.165) is 58.3 Å². The van der Waals surface area contributed by atoms with Crippen LogP contribution in [0.5, 0.6) is 0 Å². The summed E-state index contributed by atoms with van der Waals surface area (Å²) < 4.78 is 35.6. The minimum Gasteiger partial charge on any atom is -0.376 e. The van der Waals surface area contributed by atoms with Gasteiger partial charge in [-0.3, -0.25) is 14.0 Å². The number of ether oxygens (including phenoxy) is 1. The molecule has 0 spiro atoms. The summed E-state index contributed by atoms with van der Waals surface area (Å²) in [5.74, 6) is -0.216. The monoisotopic (exact) mass is 561 g/mol. The Bertz CT molecular complexity index is 1640. The Balaban J connectivity index is 1.31. The number of para-hydroxylation sites is 1. The number of carbonyl (C=O) groups excluding carboxylic acids is 1. The van der Waals surface area contributed by atoms with Gasteiger partial charge in [0.05, 0.1) is 33.4 Å². The fourth-order valence-electron chi connectivity index (χ4n) is 5.52. The van der Waals surface area contributed by atoms with E-state index in [0.29, 0.717) is 30.4 Å². The van der Waals surface area contributed by atoms with E-state index in [2.05, 4.69) is 13.0 Å². The molecule has 0 N–H and O–H groups in total. The number of nitrogens with zero attached hydrogens (tertiary/aromatic N) is 3. The summed E-state index contributed by atoms with van der Waals surface area (Å²) in [5.41, 5.74) is 5.31. The number of hydrogen-bond donors (Lipinski definition) is 0. The summed E-state index contributed by atoms with van der Waals surface area (Å²) in [6.45, 7) is 5.63. The number of amides is 1. The summed E-state index contributed by atoms with van der Waals surface area (Å²) in [6, 6.07) is 18.1. The van der Waals surface area contributed by atoms with Gasteiger partial charge in [-0.15, -0.1) is 0 Å². The highest BCUT2D eigenvalue weighted by molar-refractivity contribution is 7.92. The van der Waals surface area contributed by atoms with Gasteiger partial charge in [-0.25, -0.2) is 13.4 Å². The van der Waals surface area contributed by atoms with Crippen LogP contribution >= 0.6 is 11.3 Å². The van der Waals surface area contributed by atoms with Crippen molar-refractivity contribution < 1.29 is 17.9 Å². The van der Waals surface area contributed by atoms with Crippen molar-refractivity contribution in [2.24, 2.45) is 0 Å². The molecular weight excluding hydrogens is 530 g/mol. The van der Waals surface area contributed by atoms with Crippen molar-refractivity contribution in [3.8, 4) is 0 Å². The maximum absolute atomic E-state index is 13.9. The zero-order chi connectivity index (χ0) is 27.1. The maximum atomic E-state index is 13.9. The zero-order valence-corrected chi connectivity index (χ0v) is 23.7. The van der Waals surface area contributed by atoms with Gasteiger partial charge in [-0.05, 0) is 92.6 Å². The van der Waals surface area contributed by atoms with E-state index in [-0.39, 0.29) is 16.9 Å². The number of aryl methyl sites for hydroxylation is 3. The minimum absolute atomic E-state index is 0.0531. The van der Waals surface area contributed by atoms with E-state index in [1.54, 1.807) is 17.0 Å². The van der Waals surface area contributed by atoms with E-state index in [4.69, 9.17) is 9.72 Å². The van der Waals surface area contributed by atoms with Gasteiger partial charge in [0.2, 0.25) is 0 Å². The van der Waals surface area contributed by atoms with E-state index >= 15 is 0 Å². The average molecular weight is 562 g/mol. The second-order valence-electron chi connectivity index (χ2n) is 10.3. The Labute approximate surface area is 233 Å². The largest absolute Gasteiger partial charge is 0.376 e. The first-order chi connectivity index (χ1) is 18.8. The number of rotatable bonds is 6. The molecule has 2 aliphatic heterocycles. The Morgan fingerprint density at radius 2 is 1.90 bits per heavy atom. The molecule has 3 aromatic carbocycles. The molecule has 0 radical (unpaired) electrons. The molecule has 1 unspecified atom stereocenters. The predicted octanol–water partition coefficient (Wildman–Crippen LogP) is 5.88. The van der Waals surface area contributed by atoms with Crippen molar-refractivity contribution in [3.05, 3.63) is 82.9 Å². The van der Waals surface area contributed by atoms with E-state index in [1.165, 1.54) is 27.8 Å². The zero-order valence-electron chi connectivity index (χ0n) is 22.1. The molecule has 4 aromatic rings. The Morgan fingerprint density at radius 3 is 2.67 bits per heavy atom. The second-order valence-corrected chi connectivity index (χ2v) is 13.2. The third-order valence-electron chi connectivity index (χ3n) is 7.45. The number of aromatic nitrogens is 1. The SMILES string of the molecule is Cc1cc(C)c2sc(N(CC3CCCO3)C(=O)c3ccc(S(=O)(=O)N4CCCc5ccccc54)cc3)nc2c1. The molecule has 1 atom stereocenters. The van der Waals surface area contributed by atoms with Crippen LogP contribution < -0.4 is 9.21 Å². The van der Waals surface area contributed by atoms with E-state index < -0.39 is 10.0 Å². The van der Waals surface area contributed by atoms with Crippen molar-refractivity contribution in [3.63, 3.8) is 0 Å². The van der Waals surface area contributed by atoms with Gasteiger partial charge in [0, 0.05) is 18.7 Å². The smallest absolute Gasteiger partial charge is 0.264 e. The van der Waals surface area contributed by atoms with E-state index in [1.807, 2.05) is 37.3 Å². The van der Waals surface area contributed by atoms with Gasteiger partial charge in [0.25, 0.3) is 15.9 Å². The third kappa shape index (κ3) is 4.95. The van der Waals surface area contributed by atoms with Gasteiger partial charge in [0.1, 0.15) is 0 Å². The third-order valence-corrected chi connectivity index (χ3v) is 10.5. The highest BCUT2D eigenvalue weighted by Gasteiger charge is 2.30. The normalized spacial score (nSPS) is 17.4. The number of sulfonamides is 1. The summed E-state index contributed by atoms with van der Waals surface area (Å²) in [5, 5.41) is 0.626. The molecule has 202 valence electrons.